The first-order valence-electron chi connectivity index (χ1n) is 5.31. The molecule has 102 valence electrons. The summed E-state index contributed by atoms with van der Waals surface area (Å²) in [6.45, 7) is 0. The number of aliphatic hydroxyl groups is 1. The largest absolute Gasteiger partial charge is 0.416 e. The molecule has 2 nitrogen and oxygen atoms in total. The molecule has 1 heterocycles. The molecule has 0 bridgehead atoms. The van der Waals surface area contributed by atoms with Gasteiger partial charge >= 0.3 is 6.18 Å². The van der Waals surface area contributed by atoms with Crippen LogP contribution in [0.4, 0.5) is 17.6 Å². The summed E-state index contributed by atoms with van der Waals surface area (Å²) in [6, 6.07) is 2.24. The molecule has 0 saturated heterocycles. The number of hydrogen-bond acceptors (Lipinski definition) is 3. The number of alkyl halides is 3. The van der Waals surface area contributed by atoms with Gasteiger partial charge in [-0.2, -0.15) is 13.2 Å². The topological polar surface area (TPSA) is 33.1 Å². The van der Waals surface area contributed by atoms with Gasteiger partial charge in [0.1, 0.15) is 5.82 Å². The third-order valence-electron chi connectivity index (χ3n) is 2.53. The molecule has 2 rings (SSSR count). The van der Waals surface area contributed by atoms with E-state index in [0.29, 0.717) is 11.1 Å². The Morgan fingerprint density at radius 1 is 1.32 bits per heavy atom. The van der Waals surface area contributed by atoms with Crippen molar-refractivity contribution in [1.29, 1.82) is 0 Å². The van der Waals surface area contributed by atoms with E-state index in [9.17, 15) is 22.7 Å². The van der Waals surface area contributed by atoms with Gasteiger partial charge in [0, 0.05) is 18.0 Å². The molecule has 7 heteroatoms. The predicted molar refractivity (Wildman–Crippen MR) is 62.2 cm³/mol. The lowest BCUT2D eigenvalue weighted by Gasteiger charge is -2.16. The van der Waals surface area contributed by atoms with Gasteiger partial charge in [0.2, 0.25) is 0 Å². The third-order valence-corrected chi connectivity index (χ3v) is 3.33. The van der Waals surface area contributed by atoms with Crippen LogP contribution < -0.4 is 0 Å². The van der Waals surface area contributed by atoms with Crippen LogP contribution in [0.5, 0.6) is 0 Å². The standard InChI is InChI=1S/C12H9F4NOS/c13-7-1-2-8(9(5-7)12(14,15)16)10(18)6-11-17-3-4-19-11/h1-5,10,18H,6H2. The highest BCUT2D eigenvalue weighted by molar-refractivity contribution is 7.09. The summed E-state index contributed by atoms with van der Waals surface area (Å²) in [5.41, 5.74) is -1.50. The Labute approximate surface area is 110 Å². The van der Waals surface area contributed by atoms with Gasteiger partial charge in [0.25, 0.3) is 0 Å². The normalized spacial score (nSPS) is 13.5. The highest BCUT2D eigenvalue weighted by atomic mass is 32.1. The van der Waals surface area contributed by atoms with Crippen LogP contribution in [0.15, 0.2) is 29.8 Å². The zero-order chi connectivity index (χ0) is 14.0. The Hall–Kier alpha value is -1.47. The van der Waals surface area contributed by atoms with E-state index in [-0.39, 0.29) is 12.0 Å². The molecule has 1 aromatic heterocycles. The maximum absolute atomic E-state index is 12.9. The van der Waals surface area contributed by atoms with Crippen LogP contribution in [0.3, 0.4) is 0 Å². The molecule has 0 spiro atoms. The van der Waals surface area contributed by atoms with Crippen LogP contribution in [-0.2, 0) is 12.6 Å². The van der Waals surface area contributed by atoms with E-state index in [1.54, 1.807) is 5.38 Å². The number of aliphatic hydroxyl groups excluding tert-OH is 1. The van der Waals surface area contributed by atoms with Crippen LogP contribution in [0.25, 0.3) is 0 Å². The van der Waals surface area contributed by atoms with Gasteiger partial charge in [-0.25, -0.2) is 9.37 Å². The first kappa shape index (κ1) is 14.0. The monoisotopic (exact) mass is 291 g/mol. The highest BCUT2D eigenvalue weighted by Crippen LogP contribution is 2.36. The highest BCUT2D eigenvalue weighted by Gasteiger charge is 2.35. The number of hydrogen-bond donors (Lipinski definition) is 1. The lowest BCUT2D eigenvalue weighted by Crippen LogP contribution is -2.14. The van der Waals surface area contributed by atoms with E-state index in [1.807, 2.05) is 0 Å². The molecule has 0 radical (unpaired) electrons. The van der Waals surface area contributed by atoms with Gasteiger partial charge < -0.3 is 5.11 Å². The number of aromatic nitrogens is 1. The molecule has 0 aliphatic rings. The second-order valence-electron chi connectivity index (χ2n) is 3.88. The van der Waals surface area contributed by atoms with Crippen molar-refractivity contribution in [2.24, 2.45) is 0 Å². The minimum Gasteiger partial charge on any atom is -0.388 e. The van der Waals surface area contributed by atoms with E-state index in [4.69, 9.17) is 0 Å². The molecule has 0 aliphatic heterocycles. The Kier molecular flexibility index (Phi) is 3.86. The maximum Gasteiger partial charge on any atom is 0.416 e. The van der Waals surface area contributed by atoms with E-state index in [1.165, 1.54) is 17.5 Å². The third kappa shape index (κ3) is 3.30. The SMILES string of the molecule is OC(Cc1nccs1)c1ccc(F)cc1C(F)(F)F. The molecule has 0 amide bonds. The molecule has 0 saturated carbocycles. The molecule has 2 aromatic rings. The van der Waals surface area contributed by atoms with Crippen molar-refractivity contribution in [3.63, 3.8) is 0 Å². The average molecular weight is 291 g/mol. The number of benzene rings is 1. The van der Waals surface area contributed by atoms with Crippen LogP contribution in [0, 0.1) is 5.82 Å². The van der Waals surface area contributed by atoms with Crippen molar-refractivity contribution in [2.75, 3.05) is 0 Å². The molecular weight excluding hydrogens is 282 g/mol. The van der Waals surface area contributed by atoms with Gasteiger partial charge in [-0.3, -0.25) is 0 Å². The Morgan fingerprint density at radius 2 is 2.05 bits per heavy atom. The fourth-order valence-corrected chi connectivity index (χ4v) is 2.35. The fraction of sp³-hybridized carbons (Fsp3) is 0.250. The van der Waals surface area contributed by atoms with Crippen molar-refractivity contribution >= 4 is 11.3 Å². The molecule has 1 N–H and O–H groups in total. The van der Waals surface area contributed by atoms with Crippen molar-refractivity contribution in [3.05, 3.63) is 51.7 Å². The number of thiazole rings is 1. The van der Waals surface area contributed by atoms with Crippen molar-refractivity contribution < 1.29 is 22.7 Å². The Bertz CT molecular complexity index is 553. The summed E-state index contributed by atoms with van der Waals surface area (Å²) in [5.74, 6) is -0.988. The second-order valence-corrected chi connectivity index (χ2v) is 4.85. The zero-order valence-electron chi connectivity index (χ0n) is 9.49. The Balaban J connectivity index is 2.33. The van der Waals surface area contributed by atoms with Crippen LogP contribution in [-0.4, -0.2) is 10.1 Å². The molecule has 1 atom stereocenters. The van der Waals surface area contributed by atoms with Gasteiger partial charge in [-0.15, -0.1) is 11.3 Å². The Morgan fingerprint density at radius 3 is 2.63 bits per heavy atom. The van der Waals surface area contributed by atoms with Gasteiger partial charge in [-0.05, 0) is 17.7 Å². The minimum absolute atomic E-state index is 0.0353. The maximum atomic E-state index is 12.9. The van der Waals surface area contributed by atoms with Crippen molar-refractivity contribution in [2.45, 2.75) is 18.7 Å². The minimum atomic E-state index is -4.71. The average Bonchev–Trinajstić information content (AvgIpc) is 2.80. The lowest BCUT2D eigenvalue weighted by molar-refractivity contribution is -0.139. The number of rotatable bonds is 3. The van der Waals surface area contributed by atoms with E-state index in [2.05, 4.69) is 4.98 Å². The first-order chi connectivity index (χ1) is 8.88. The predicted octanol–water partition coefficient (Wildman–Crippen LogP) is 3.58. The van der Waals surface area contributed by atoms with E-state index < -0.39 is 23.7 Å². The van der Waals surface area contributed by atoms with E-state index >= 15 is 0 Å². The molecule has 1 unspecified atom stereocenters. The molecule has 0 aliphatic carbocycles. The summed E-state index contributed by atoms with van der Waals surface area (Å²) in [6.07, 6.45) is -4.61. The summed E-state index contributed by atoms with van der Waals surface area (Å²) in [4.78, 5) is 3.89. The number of halogens is 4. The summed E-state index contributed by atoms with van der Waals surface area (Å²) < 4.78 is 51.3. The first-order valence-corrected chi connectivity index (χ1v) is 6.19. The summed E-state index contributed by atoms with van der Waals surface area (Å²) >= 11 is 1.24. The molecule has 0 fully saturated rings. The van der Waals surface area contributed by atoms with Crippen molar-refractivity contribution in [1.82, 2.24) is 4.98 Å². The quantitative estimate of drug-likeness (QED) is 0.877. The van der Waals surface area contributed by atoms with Crippen LogP contribution in [0.1, 0.15) is 22.2 Å². The molecule has 19 heavy (non-hydrogen) atoms. The van der Waals surface area contributed by atoms with Gasteiger partial charge in [-0.1, -0.05) is 6.07 Å². The molecular formula is C12H9F4NOS. The van der Waals surface area contributed by atoms with Gasteiger partial charge in [0.05, 0.1) is 16.7 Å². The van der Waals surface area contributed by atoms with Crippen LogP contribution in [0.2, 0.25) is 0 Å². The van der Waals surface area contributed by atoms with Gasteiger partial charge in [0.15, 0.2) is 0 Å². The molecule has 1 aromatic carbocycles. The van der Waals surface area contributed by atoms with Crippen molar-refractivity contribution in [3.8, 4) is 0 Å². The van der Waals surface area contributed by atoms with E-state index in [0.717, 1.165) is 12.1 Å². The lowest BCUT2D eigenvalue weighted by atomic mass is 10.00. The summed E-state index contributed by atoms with van der Waals surface area (Å²) in [5, 5.41) is 12.1. The van der Waals surface area contributed by atoms with Crippen LogP contribution >= 0.6 is 11.3 Å². The number of nitrogens with zero attached hydrogens (tertiary/aromatic N) is 1. The zero-order valence-corrected chi connectivity index (χ0v) is 10.3. The smallest absolute Gasteiger partial charge is 0.388 e. The summed E-state index contributed by atoms with van der Waals surface area (Å²) in [7, 11) is 0. The fourth-order valence-electron chi connectivity index (χ4n) is 1.69. The second kappa shape index (κ2) is 5.26.